The lowest BCUT2D eigenvalue weighted by molar-refractivity contribution is 0.284. The Morgan fingerprint density at radius 1 is 0.556 bits per heavy atom. The van der Waals surface area contributed by atoms with Crippen molar-refractivity contribution in [2.45, 2.75) is 19.3 Å². The number of terminal acetylenes is 1. The molecule has 3 aromatic carbocycles. The second kappa shape index (κ2) is 10.4. The maximum atomic E-state index is 5.45. The van der Waals surface area contributed by atoms with Gasteiger partial charge in [0.2, 0.25) is 0 Å². The summed E-state index contributed by atoms with van der Waals surface area (Å²) in [7, 11) is 0. The summed E-state index contributed by atoms with van der Waals surface area (Å²) in [6.07, 6.45) is 8.68. The molecule has 0 amide bonds. The van der Waals surface area contributed by atoms with Crippen molar-refractivity contribution in [2.24, 2.45) is 0 Å². The Hall–Kier alpha value is -2.82. The van der Waals surface area contributed by atoms with Gasteiger partial charge in [-0.1, -0.05) is 78.7 Å². The van der Waals surface area contributed by atoms with Crippen LogP contribution in [-0.4, -0.2) is 24.5 Å². The fourth-order valence-electron chi connectivity index (χ4n) is 3.25. The molecule has 0 bridgehead atoms. The van der Waals surface area contributed by atoms with Crippen LogP contribution in [0.3, 0.4) is 0 Å². The Labute approximate surface area is 163 Å². The predicted octanol–water partition coefficient (Wildman–Crippen LogP) is 5.00. The molecule has 0 N–H and O–H groups in total. The third-order valence-electron chi connectivity index (χ3n) is 4.96. The molecule has 0 spiro atoms. The molecule has 136 valence electrons. The molecular formula is C26H27N. The summed E-state index contributed by atoms with van der Waals surface area (Å²) in [6.45, 7) is 3.23. The van der Waals surface area contributed by atoms with E-state index in [1.807, 2.05) is 12.1 Å². The van der Waals surface area contributed by atoms with E-state index < -0.39 is 0 Å². The number of nitrogens with zero attached hydrogens (tertiary/aromatic N) is 1. The minimum atomic E-state index is 0.948. The first kappa shape index (κ1) is 19.0. The average Bonchev–Trinajstić information content (AvgIpc) is 2.75. The summed E-state index contributed by atoms with van der Waals surface area (Å²) >= 11 is 0. The van der Waals surface area contributed by atoms with Crippen molar-refractivity contribution >= 4 is 0 Å². The highest BCUT2D eigenvalue weighted by atomic mass is 15.1. The molecule has 0 radical (unpaired) electrons. The smallest absolute Gasteiger partial charge is 0.0242 e. The average molecular weight is 354 g/mol. The molecule has 1 nitrogen and oxygen atoms in total. The van der Waals surface area contributed by atoms with Crippen molar-refractivity contribution in [1.82, 2.24) is 4.90 Å². The Balaban J connectivity index is 1.58. The van der Waals surface area contributed by atoms with Gasteiger partial charge in [0, 0.05) is 25.2 Å². The standard InChI is InChI=1S/C26H27N/c1-2-23-13-15-26(16-14-23)19-22-27(20-17-24-9-5-3-6-10-24)21-18-25-11-7-4-8-12-25/h1,3-16H,17-22H2. The van der Waals surface area contributed by atoms with Crippen molar-refractivity contribution in [3.8, 4) is 12.3 Å². The molecule has 1 heteroatoms. The van der Waals surface area contributed by atoms with Crippen LogP contribution in [0.5, 0.6) is 0 Å². The molecule has 27 heavy (non-hydrogen) atoms. The van der Waals surface area contributed by atoms with E-state index in [9.17, 15) is 0 Å². The summed E-state index contributed by atoms with van der Waals surface area (Å²) in [4.78, 5) is 2.58. The topological polar surface area (TPSA) is 3.24 Å². The summed E-state index contributed by atoms with van der Waals surface area (Å²) < 4.78 is 0. The van der Waals surface area contributed by atoms with Gasteiger partial charge in [-0.05, 0) is 48.1 Å². The normalized spacial score (nSPS) is 10.7. The van der Waals surface area contributed by atoms with Crippen molar-refractivity contribution in [2.75, 3.05) is 19.6 Å². The number of hydrogen-bond acceptors (Lipinski definition) is 1. The van der Waals surface area contributed by atoms with E-state index >= 15 is 0 Å². The Bertz CT molecular complexity index is 785. The highest BCUT2D eigenvalue weighted by Gasteiger charge is 2.07. The highest BCUT2D eigenvalue weighted by Crippen LogP contribution is 2.08. The summed E-state index contributed by atoms with van der Waals surface area (Å²) in [5.74, 6) is 2.69. The van der Waals surface area contributed by atoms with Crippen LogP contribution < -0.4 is 0 Å². The van der Waals surface area contributed by atoms with Gasteiger partial charge in [-0.25, -0.2) is 0 Å². The first-order valence-corrected chi connectivity index (χ1v) is 9.69. The number of benzene rings is 3. The molecule has 0 aromatic heterocycles. The van der Waals surface area contributed by atoms with Gasteiger partial charge in [-0.2, -0.15) is 0 Å². The van der Waals surface area contributed by atoms with E-state index in [-0.39, 0.29) is 0 Å². The maximum absolute atomic E-state index is 5.45. The van der Waals surface area contributed by atoms with Crippen LogP contribution in [0.4, 0.5) is 0 Å². The molecule has 3 rings (SSSR count). The number of rotatable bonds is 9. The second-order valence-corrected chi connectivity index (χ2v) is 6.90. The van der Waals surface area contributed by atoms with Crippen molar-refractivity contribution in [1.29, 1.82) is 0 Å². The zero-order chi connectivity index (χ0) is 18.7. The van der Waals surface area contributed by atoms with Gasteiger partial charge in [0.05, 0.1) is 0 Å². The van der Waals surface area contributed by atoms with Gasteiger partial charge < -0.3 is 4.90 Å². The van der Waals surface area contributed by atoms with Gasteiger partial charge in [-0.15, -0.1) is 6.42 Å². The predicted molar refractivity (Wildman–Crippen MR) is 115 cm³/mol. The van der Waals surface area contributed by atoms with Gasteiger partial charge in [0.1, 0.15) is 0 Å². The molecule has 0 aliphatic heterocycles. The van der Waals surface area contributed by atoms with Crippen LogP contribution >= 0.6 is 0 Å². The Morgan fingerprint density at radius 2 is 0.963 bits per heavy atom. The highest BCUT2D eigenvalue weighted by molar-refractivity contribution is 5.34. The van der Waals surface area contributed by atoms with E-state index in [1.165, 1.54) is 16.7 Å². The van der Waals surface area contributed by atoms with E-state index in [0.717, 1.165) is 44.5 Å². The molecule has 0 aliphatic carbocycles. The van der Waals surface area contributed by atoms with Gasteiger partial charge >= 0.3 is 0 Å². The first-order valence-electron chi connectivity index (χ1n) is 9.69. The van der Waals surface area contributed by atoms with Gasteiger partial charge in [-0.3, -0.25) is 0 Å². The summed E-state index contributed by atoms with van der Waals surface area (Å²) in [5, 5.41) is 0. The third-order valence-corrected chi connectivity index (χ3v) is 4.96. The minimum Gasteiger partial charge on any atom is -0.302 e. The largest absolute Gasteiger partial charge is 0.302 e. The van der Waals surface area contributed by atoms with Crippen LogP contribution in [0, 0.1) is 12.3 Å². The fourth-order valence-corrected chi connectivity index (χ4v) is 3.25. The van der Waals surface area contributed by atoms with Crippen LogP contribution in [0.1, 0.15) is 22.3 Å². The molecule has 0 aliphatic rings. The molecule has 0 saturated heterocycles. The molecule has 0 atom stereocenters. The van der Waals surface area contributed by atoms with Crippen LogP contribution in [0.2, 0.25) is 0 Å². The van der Waals surface area contributed by atoms with Crippen molar-refractivity contribution in [3.63, 3.8) is 0 Å². The van der Waals surface area contributed by atoms with Crippen LogP contribution in [0.25, 0.3) is 0 Å². The first-order chi connectivity index (χ1) is 13.3. The zero-order valence-electron chi connectivity index (χ0n) is 15.9. The Morgan fingerprint density at radius 3 is 1.37 bits per heavy atom. The molecule has 0 fully saturated rings. The lowest BCUT2D eigenvalue weighted by Crippen LogP contribution is -2.30. The van der Waals surface area contributed by atoms with Gasteiger partial charge in [0.15, 0.2) is 0 Å². The lowest BCUT2D eigenvalue weighted by Gasteiger charge is -2.22. The SMILES string of the molecule is C#Cc1ccc(CCN(CCc2ccccc2)CCc2ccccc2)cc1. The fraction of sp³-hybridized carbons (Fsp3) is 0.231. The molecule has 3 aromatic rings. The maximum Gasteiger partial charge on any atom is 0.0242 e. The quantitative estimate of drug-likeness (QED) is 0.490. The van der Waals surface area contributed by atoms with E-state index in [2.05, 4.69) is 83.6 Å². The van der Waals surface area contributed by atoms with Crippen LogP contribution in [-0.2, 0) is 19.3 Å². The minimum absolute atomic E-state index is 0.948. The summed E-state index contributed by atoms with van der Waals surface area (Å²) in [5.41, 5.74) is 5.10. The Kier molecular flexibility index (Phi) is 7.27. The second-order valence-electron chi connectivity index (χ2n) is 6.90. The summed E-state index contributed by atoms with van der Waals surface area (Å²) in [6, 6.07) is 29.9. The monoisotopic (exact) mass is 353 g/mol. The third kappa shape index (κ3) is 6.44. The molecule has 0 saturated carbocycles. The van der Waals surface area contributed by atoms with Crippen LogP contribution in [0.15, 0.2) is 84.9 Å². The molecular weight excluding hydrogens is 326 g/mol. The lowest BCUT2D eigenvalue weighted by atomic mass is 10.1. The van der Waals surface area contributed by atoms with Gasteiger partial charge in [0.25, 0.3) is 0 Å². The number of hydrogen-bond donors (Lipinski definition) is 0. The van der Waals surface area contributed by atoms with E-state index in [4.69, 9.17) is 6.42 Å². The zero-order valence-corrected chi connectivity index (χ0v) is 15.9. The molecule has 0 heterocycles. The van der Waals surface area contributed by atoms with E-state index in [0.29, 0.717) is 0 Å². The van der Waals surface area contributed by atoms with E-state index in [1.54, 1.807) is 0 Å². The van der Waals surface area contributed by atoms with Crippen molar-refractivity contribution < 1.29 is 0 Å². The molecule has 0 unspecified atom stereocenters. The van der Waals surface area contributed by atoms with Crippen molar-refractivity contribution in [3.05, 3.63) is 107 Å².